The number of aliphatic hydroxyl groups excluding tert-OH is 1. The summed E-state index contributed by atoms with van der Waals surface area (Å²) in [5, 5.41) is 17.8. The van der Waals surface area contributed by atoms with Gasteiger partial charge in [0.1, 0.15) is 5.82 Å². The predicted molar refractivity (Wildman–Crippen MR) is 91.8 cm³/mol. The normalized spacial score (nSPS) is 10.9. The Balaban J connectivity index is 1.86. The first-order chi connectivity index (χ1) is 11.0. The molecule has 0 unspecified atom stereocenters. The van der Waals surface area contributed by atoms with Crippen LogP contribution >= 0.6 is 0 Å². The van der Waals surface area contributed by atoms with Gasteiger partial charge in [-0.3, -0.25) is 0 Å². The second kappa shape index (κ2) is 7.60. The molecule has 0 saturated heterocycles. The first-order valence-electron chi connectivity index (χ1n) is 7.42. The summed E-state index contributed by atoms with van der Waals surface area (Å²) in [5.41, 5.74) is 1.20. The molecule has 0 radical (unpaired) electrons. The average Bonchev–Trinajstić information content (AvgIpc) is 2.56. The molecule has 0 aliphatic heterocycles. The molecular weight excluding hydrogens is 292 g/mol. The van der Waals surface area contributed by atoms with E-state index in [1.807, 2.05) is 44.2 Å². The maximum absolute atomic E-state index is 11.8. The van der Waals surface area contributed by atoms with E-state index in [9.17, 15) is 4.79 Å². The van der Waals surface area contributed by atoms with Gasteiger partial charge in [-0.15, -0.1) is 0 Å². The summed E-state index contributed by atoms with van der Waals surface area (Å²) in [6.07, 6.45) is 1.59. The molecule has 6 nitrogen and oxygen atoms in total. The van der Waals surface area contributed by atoms with Gasteiger partial charge in [0.25, 0.3) is 0 Å². The monoisotopic (exact) mass is 314 g/mol. The summed E-state index contributed by atoms with van der Waals surface area (Å²) in [4.78, 5) is 16.1. The largest absolute Gasteiger partial charge is 0.396 e. The van der Waals surface area contributed by atoms with Gasteiger partial charge >= 0.3 is 6.03 Å². The number of nitrogens with zero attached hydrogens (tertiary/aromatic N) is 1. The Morgan fingerprint density at radius 1 is 1.13 bits per heavy atom. The fourth-order valence-electron chi connectivity index (χ4n) is 1.76. The number of rotatable bonds is 6. The smallest absolute Gasteiger partial charge is 0.319 e. The van der Waals surface area contributed by atoms with Crippen LogP contribution in [0.1, 0.15) is 13.8 Å². The van der Waals surface area contributed by atoms with Gasteiger partial charge < -0.3 is 21.1 Å². The van der Waals surface area contributed by atoms with Crippen molar-refractivity contribution < 1.29 is 9.90 Å². The number of anilines is 3. The lowest BCUT2D eigenvalue weighted by Crippen LogP contribution is -2.38. The van der Waals surface area contributed by atoms with Crippen molar-refractivity contribution in [1.82, 2.24) is 10.3 Å². The van der Waals surface area contributed by atoms with Crippen molar-refractivity contribution in [3.8, 4) is 0 Å². The molecule has 6 heteroatoms. The Hall–Kier alpha value is -2.60. The predicted octanol–water partition coefficient (Wildman–Crippen LogP) is 2.97. The lowest BCUT2D eigenvalue weighted by atomic mass is 9.95. The molecular formula is C17H22N4O2. The van der Waals surface area contributed by atoms with E-state index in [2.05, 4.69) is 20.9 Å². The average molecular weight is 314 g/mol. The van der Waals surface area contributed by atoms with Gasteiger partial charge in [-0.2, -0.15) is 0 Å². The zero-order chi connectivity index (χ0) is 16.7. The molecule has 1 heterocycles. The quantitative estimate of drug-likeness (QED) is 0.660. The third kappa shape index (κ3) is 5.60. The van der Waals surface area contributed by atoms with E-state index in [0.29, 0.717) is 18.1 Å². The van der Waals surface area contributed by atoms with Crippen LogP contribution in [0.25, 0.3) is 0 Å². The molecule has 2 aromatic rings. The van der Waals surface area contributed by atoms with Crippen LogP contribution in [0.5, 0.6) is 0 Å². The fraction of sp³-hybridized carbons (Fsp3) is 0.294. The van der Waals surface area contributed by atoms with Crippen molar-refractivity contribution in [2.75, 3.05) is 23.8 Å². The second-order valence-corrected chi connectivity index (χ2v) is 6.05. The van der Waals surface area contributed by atoms with E-state index >= 15 is 0 Å². The number of para-hydroxylation sites is 1. The van der Waals surface area contributed by atoms with E-state index in [1.165, 1.54) is 0 Å². The highest BCUT2D eigenvalue weighted by molar-refractivity contribution is 5.89. The minimum Gasteiger partial charge on any atom is -0.396 e. The highest BCUT2D eigenvalue weighted by Gasteiger charge is 2.17. The maximum atomic E-state index is 11.8. The van der Waals surface area contributed by atoms with E-state index in [1.54, 1.807) is 18.3 Å². The van der Waals surface area contributed by atoms with Crippen molar-refractivity contribution in [2.45, 2.75) is 13.8 Å². The summed E-state index contributed by atoms with van der Waals surface area (Å²) in [5.74, 6) is 0.698. The number of aliphatic hydroxyl groups is 1. The number of pyridine rings is 1. The third-order valence-corrected chi connectivity index (χ3v) is 3.22. The topological polar surface area (TPSA) is 86.3 Å². The number of aromatic nitrogens is 1. The number of carbonyl (C=O) groups is 1. The number of hydrogen-bond donors (Lipinski definition) is 4. The van der Waals surface area contributed by atoms with Crippen molar-refractivity contribution in [2.24, 2.45) is 5.41 Å². The van der Waals surface area contributed by atoms with Crippen LogP contribution in [-0.4, -0.2) is 29.3 Å². The number of benzene rings is 1. The molecule has 0 aliphatic rings. The molecule has 4 N–H and O–H groups in total. The van der Waals surface area contributed by atoms with Gasteiger partial charge in [-0.25, -0.2) is 9.78 Å². The van der Waals surface area contributed by atoms with Gasteiger partial charge in [0.05, 0.1) is 11.9 Å². The first-order valence-corrected chi connectivity index (χ1v) is 7.42. The van der Waals surface area contributed by atoms with Crippen molar-refractivity contribution in [3.63, 3.8) is 0 Å². The molecule has 0 fully saturated rings. The number of amides is 2. The molecule has 122 valence electrons. The molecule has 2 amide bonds. The van der Waals surface area contributed by atoms with Crippen LogP contribution in [0, 0.1) is 5.41 Å². The van der Waals surface area contributed by atoms with E-state index in [4.69, 9.17) is 5.11 Å². The van der Waals surface area contributed by atoms with E-state index in [0.717, 1.165) is 5.69 Å². The molecule has 1 aromatic heterocycles. The minimum atomic E-state index is -0.348. The standard InChI is InChI=1S/C17H22N4O2/c1-17(2,12-22)11-19-16(23)21-14-8-9-15(18-10-14)20-13-6-4-3-5-7-13/h3-10,22H,11-12H2,1-2H3,(H,18,20)(H2,19,21,23). The Labute approximate surface area is 136 Å². The lowest BCUT2D eigenvalue weighted by Gasteiger charge is -2.21. The fourth-order valence-corrected chi connectivity index (χ4v) is 1.76. The number of nitrogens with one attached hydrogen (secondary N) is 3. The van der Waals surface area contributed by atoms with Crippen molar-refractivity contribution in [3.05, 3.63) is 48.7 Å². The summed E-state index contributed by atoms with van der Waals surface area (Å²) in [6, 6.07) is 13.0. The first kappa shape index (κ1) is 16.8. The van der Waals surface area contributed by atoms with Crippen LogP contribution in [0.4, 0.5) is 22.0 Å². The Kier molecular flexibility index (Phi) is 5.54. The lowest BCUT2D eigenvalue weighted by molar-refractivity contribution is 0.158. The van der Waals surface area contributed by atoms with Crippen LogP contribution in [0.2, 0.25) is 0 Å². The molecule has 0 atom stereocenters. The summed E-state index contributed by atoms with van der Waals surface area (Å²) in [6.45, 7) is 4.14. The summed E-state index contributed by atoms with van der Waals surface area (Å²) >= 11 is 0. The SMILES string of the molecule is CC(C)(CO)CNC(=O)Nc1ccc(Nc2ccccc2)nc1. The Bertz CT molecular complexity index is 627. The van der Waals surface area contributed by atoms with Gasteiger partial charge in [0.2, 0.25) is 0 Å². The zero-order valence-electron chi connectivity index (χ0n) is 13.3. The van der Waals surface area contributed by atoms with Gasteiger partial charge in [-0.05, 0) is 24.3 Å². The van der Waals surface area contributed by atoms with Crippen LogP contribution < -0.4 is 16.0 Å². The van der Waals surface area contributed by atoms with Crippen LogP contribution in [-0.2, 0) is 0 Å². The van der Waals surface area contributed by atoms with Crippen molar-refractivity contribution in [1.29, 1.82) is 0 Å². The molecule has 23 heavy (non-hydrogen) atoms. The van der Waals surface area contributed by atoms with Gasteiger partial charge in [0.15, 0.2) is 0 Å². The van der Waals surface area contributed by atoms with Crippen molar-refractivity contribution >= 4 is 23.2 Å². The van der Waals surface area contributed by atoms with E-state index < -0.39 is 0 Å². The number of hydrogen-bond acceptors (Lipinski definition) is 4. The van der Waals surface area contributed by atoms with E-state index in [-0.39, 0.29) is 18.1 Å². The Morgan fingerprint density at radius 3 is 2.48 bits per heavy atom. The minimum absolute atomic E-state index is 0.00862. The van der Waals surface area contributed by atoms with Crippen LogP contribution in [0.15, 0.2) is 48.7 Å². The molecule has 1 aromatic carbocycles. The maximum Gasteiger partial charge on any atom is 0.319 e. The molecule has 0 saturated carbocycles. The molecule has 0 spiro atoms. The summed E-state index contributed by atoms with van der Waals surface area (Å²) in [7, 11) is 0. The number of carbonyl (C=O) groups excluding carboxylic acids is 1. The Morgan fingerprint density at radius 2 is 1.87 bits per heavy atom. The highest BCUT2D eigenvalue weighted by atomic mass is 16.3. The zero-order valence-corrected chi connectivity index (χ0v) is 13.3. The molecule has 0 bridgehead atoms. The van der Waals surface area contributed by atoms with Gasteiger partial charge in [-0.1, -0.05) is 32.0 Å². The third-order valence-electron chi connectivity index (χ3n) is 3.22. The van der Waals surface area contributed by atoms with Gasteiger partial charge in [0, 0.05) is 24.3 Å². The molecule has 2 rings (SSSR count). The highest BCUT2D eigenvalue weighted by Crippen LogP contribution is 2.16. The second-order valence-electron chi connectivity index (χ2n) is 6.05. The number of urea groups is 1. The summed E-state index contributed by atoms with van der Waals surface area (Å²) < 4.78 is 0. The van der Waals surface area contributed by atoms with Crippen LogP contribution in [0.3, 0.4) is 0 Å². The molecule has 0 aliphatic carbocycles.